The first-order valence-electron chi connectivity index (χ1n) is 21.9. The fourth-order valence-corrected chi connectivity index (χ4v) is 15.5. The summed E-state index contributed by atoms with van der Waals surface area (Å²) in [5.41, 5.74) is 11.2. The smallest absolute Gasteiger partial charge is 0.220 e. The number of aromatic nitrogens is 5. The van der Waals surface area contributed by atoms with Gasteiger partial charge in [0.05, 0.1) is 44.7 Å². The highest BCUT2D eigenvalue weighted by atomic mass is 28.3. The molecule has 9 aromatic carbocycles. The maximum absolute atomic E-state index is 9.86. The number of hydrogen-bond acceptors (Lipinski definition) is 2. The fraction of sp³-hybridized carbons (Fsp3) is 0. The Hall–Kier alpha value is -8.70. The number of nitrogens with zero attached hydrogens (tertiary/aromatic N) is 6. The number of fused-ring (bicyclic) bond motifs is 10. The first-order chi connectivity index (χ1) is 32.2. The first-order valence-corrected chi connectivity index (χ1v) is 23.9. The largest absolute Gasteiger partial charge is 0.295 e. The molecule has 0 saturated carbocycles. The van der Waals surface area contributed by atoms with Crippen molar-refractivity contribution in [2.24, 2.45) is 0 Å². The van der Waals surface area contributed by atoms with Gasteiger partial charge in [-0.05, 0) is 99.6 Å². The third-order valence-electron chi connectivity index (χ3n) is 13.3. The number of hydrogen-bond donors (Lipinski definition) is 0. The summed E-state index contributed by atoms with van der Waals surface area (Å²) < 4.78 is 9.39. The predicted octanol–water partition coefficient (Wildman–Crippen LogP) is 10.7. The van der Waals surface area contributed by atoms with Crippen molar-refractivity contribution in [2.45, 2.75) is 0 Å². The van der Waals surface area contributed by atoms with Crippen molar-refractivity contribution < 1.29 is 0 Å². The van der Waals surface area contributed by atoms with Gasteiger partial charge in [-0.15, -0.1) is 0 Å². The van der Waals surface area contributed by atoms with Gasteiger partial charge in [-0.1, -0.05) is 152 Å². The minimum absolute atomic E-state index is 0.608. The van der Waals surface area contributed by atoms with Gasteiger partial charge in [-0.2, -0.15) is 5.26 Å². The predicted molar refractivity (Wildman–Crippen MR) is 269 cm³/mol. The highest BCUT2D eigenvalue weighted by Crippen LogP contribution is 2.40. The monoisotopic (exact) mass is 846 g/mol. The molecule has 0 unspecified atom stereocenters. The molecule has 0 aliphatic rings. The van der Waals surface area contributed by atoms with E-state index in [0.29, 0.717) is 5.56 Å². The molecule has 0 radical (unpaired) electrons. The lowest BCUT2D eigenvalue weighted by Crippen LogP contribution is -2.74. The molecule has 0 aliphatic heterocycles. The zero-order valence-corrected chi connectivity index (χ0v) is 36.1. The zero-order valence-electron chi connectivity index (χ0n) is 35.1. The van der Waals surface area contributed by atoms with E-state index in [4.69, 9.17) is 4.98 Å². The van der Waals surface area contributed by atoms with Crippen LogP contribution in [0.5, 0.6) is 0 Å². The summed E-state index contributed by atoms with van der Waals surface area (Å²) >= 11 is 0. The summed E-state index contributed by atoms with van der Waals surface area (Å²) in [7, 11) is -3.11. The van der Waals surface area contributed by atoms with Crippen LogP contribution in [0.4, 0.5) is 0 Å². The number of rotatable bonds is 7. The second-order valence-electron chi connectivity index (χ2n) is 16.7. The van der Waals surface area contributed by atoms with E-state index in [-0.39, 0.29) is 0 Å². The third kappa shape index (κ3) is 5.35. The molecule has 0 saturated heterocycles. The van der Waals surface area contributed by atoms with E-state index in [2.05, 4.69) is 236 Å². The minimum Gasteiger partial charge on any atom is -0.295 e. The molecule has 13 rings (SSSR count). The van der Waals surface area contributed by atoms with Crippen molar-refractivity contribution in [2.75, 3.05) is 0 Å². The topological polar surface area (TPSA) is 55.9 Å². The van der Waals surface area contributed by atoms with Crippen LogP contribution in [-0.2, 0) is 0 Å². The number of para-hydroxylation sites is 5. The average molecular weight is 847 g/mol. The van der Waals surface area contributed by atoms with Crippen molar-refractivity contribution in [3.05, 3.63) is 236 Å². The van der Waals surface area contributed by atoms with Crippen molar-refractivity contribution in [1.82, 2.24) is 23.1 Å². The molecule has 6 nitrogen and oxygen atoms in total. The second kappa shape index (κ2) is 14.4. The van der Waals surface area contributed by atoms with Crippen LogP contribution in [0.25, 0.3) is 77.7 Å². The van der Waals surface area contributed by atoms with Crippen LogP contribution in [0.2, 0.25) is 0 Å². The van der Waals surface area contributed by atoms with Crippen LogP contribution in [0, 0.1) is 11.3 Å². The summed E-state index contributed by atoms with van der Waals surface area (Å²) in [6.07, 6.45) is 0. The van der Waals surface area contributed by atoms with Gasteiger partial charge in [0.25, 0.3) is 0 Å². The van der Waals surface area contributed by atoms with Crippen LogP contribution in [-0.4, -0.2) is 31.2 Å². The van der Waals surface area contributed by atoms with Gasteiger partial charge in [0.15, 0.2) is 8.07 Å². The van der Waals surface area contributed by atoms with Gasteiger partial charge in [-0.25, -0.2) is 4.98 Å². The van der Waals surface area contributed by atoms with E-state index in [0.717, 1.165) is 56.1 Å². The Kier molecular flexibility index (Phi) is 8.19. The highest BCUT2D eigenvalue weighted by Gasteiger charge is 2.42. The molecule has 7 heteroatoms. The van der Waals surface area contributed by atoms with E-state index in [1.165, 1.54) is 42.4 Å². The van der Waals surface area contributed by atoms with Crippen LogP contribution < -0.4 is 20.7 Å². The molecule has 65 heavy (non-hydrogen) atoms. The van der Waals surface area contributed by atoms with Crippen LogP contribution >= 0.6 is 0 Å². The molecule has 0 aliphatic carbocycles. The Labute approximate surface area is 375 Å². The number of imidazole rings is 2. The molecule has 0 N–H and O–H groups in total. The molecule has 0 atom stereocenters. The zero-order chi connectivity index (χ0) is 43.1. The normalized spacial score (nSPS) is 12.0. The molecule has 13 aromatic rings. The molecule has 4 aromatic heterocycles. The molecular weight excluding hydrogens is 809 g/mol. The Bertz CT molecular complexity index is 3980. The van der Waals surface area contributed by atoms with E-state index in [1.807, 2.05) is 18.2 Å². The molecule has 0 fully saturated rings. The number of nitriles is 1. The Balaban J connectivity index is 1.11. The van der Waals surface area contributed by atoms with E-state index in [9.17, 15) is 5.26 Å². The number of benzene rings is 9. The van der Waals surface area contributed by atoms with Crippen LogP contribution in [0.3, 0.4) is 0 Å². The van der Waals surface area contributed by atoms with Crippen molar-refractivity contribution in [3.63, 3.8) is 0 Å². The molecule has 0 bridgehead atoms. The SMILES string of the molecule is N#Cc1ccc2nc3n(-c4cccc([Si](c5ccccc5)(c5ccccc5)c5cccc(-n6c7ccccc7c7c8ccccc8n(-c8ccccc8)c76)c5)c4)c4ccccc4n3c2c1. The lowest BCUT2D eigenvalue weighted by atomic mass is 10.1. The average Bonchev–Trinajstić information content (AvgIpc) is 4.11. The summed E-state index contributed by atoms with van der Waals surface area (Å²) in [5.74, 6) is 0.805. The summed E-state index contributed by atoms with van der Waals surface area (Å²) in [6.45, 7) is 0. The van der Waals surface area contributed by atoms with Crippen LogP contribution in [0.1, 0.15) is 5.56 Å². The van der Waals surface area contributed by atoms with Gasteiger partial charge in [0.2, 0.25) is 5.78 Å². The highest BCUT2D eigenvalue weighted by molar-refractivity contribution is 7.20. The maximum Gasteiger partial charge on any atom is 0.220 e. The molecule has 4 heterocycles. The quantitative estimate of drug-likeness (QED) is 0.119. The Morgan fingerprint density at radius 1 is 0.385 bits per heavy atom. The second-order valence-corrected chi connectivity index (χ2v) is 20.5. The maximum atomic E-state index is 9.86. The molecule has 0 spiro atoms. The molecule has 304 valence electrons. The first kappa shape index (κ1) is 36.9. The summed E-state index contributed by atoms with van der Waals surface area (Å²) in [4.78, 5) is 5.23. The minimum atomic E-state index is -3.11. The lowest BCUT2D eigenvalue weighted by molar-refractivity contribution is 1.07. The molecular formula is C58H38N6Si. The third-order valence-corrected chi connectivity index (χ3v) is 18.1. The van der Waals surface area contributed by atoms with E-state index >= 15 is 0 Å². The van der Waals surface area contributed by atoms with Gasteiger partial charge in [0, 0.05) is 33.2 Å². The van der Waals surface area contributed by atoms with E-state index in [1.54, 1.807) is 0 Å². The fourth-order valence-electron chi connectivity index (χ4n) is 10.7. The van der Waals surface area contributed by atoms with Gasteiger partial charge in [0.1, 0.15) is 5.65 Å². The van der Waals surface area contributed by atoms with Crippen molar-refractivity contribution >= 4 is 89.5 Å². The van der Waals surface area contributed by atoms with Crippen molar-refractivity contribution in [3.8, 4) is 23.1 Å². The van der Waals surface area contributed by atoms with Gasteiger partial charge < -0.3 is 0 Å². The standard InChI is InChI=1S/C58H38N6Si/c59-39-40-34-35-50-55(36-40)64-54-33-15-14-32-53(54)63(58(64)60-50)43-21-17-27-47(38-43)65(44-22-6-2-7-23-44,45-24-8-3-9-25-45)46-26-16-20-42(37-46)62-52-31-13-11-29-49(52)56-48-28-10-12-30-51(48)61(57(56)62)41-18-4-1-5-19-41/h1-38H. The summed E-state index contributed by atoms with van der Waals surface area (Å²) in [6, 6.07) is 85.7. The summed E-state index contributed by atoms with van der Waals surface area (Å²) in [5, 5.41) is 18.7. The van der Waals surface area contributed by atoms with E-state index < -0.39 is 8.07 Å². The lowest BCUT2D eigenvalue weighted by Gasteiger charge is -2.35. The Morgan fingerprint density at radius 2 is 0.862 bits per heavy atom. The van der Waals surface area contributed by atoms with Gasteiger partial charge >= 0.3 is 0 Å². The Morgan fingerprint density at radius 3 is 1.46 bits per heavy atom. The van der Waals surface area contributed by atoms with Gasteiger partial charge in [-0.3, -0.25) is 18.1 Å². The molecule has 0 amide bonds. The van der Waals surface area contributed by atoms with Crippen molar-refractivity contribution in [1.29, 1.82) is 5.26 Å². The van der Waals surface area contributed by atoms with Crippen LogP contribution in [0.15, 0.2) is 231 Å².